The summed E-state index contributed by atoms with van der Waals surface area (Å²) in [6, 6.07) is 6.52. The average molecular weight is 302 g/mol. The number of hydrogen-bond donors (Lipinski definition) is 1. The minimum absolute atomic E-state index is 0.163. The van der Waals surface area contributed by atoms with Crippen molar-refractivity contribution in [2.75, 3.05) is 5.32 Å². The number of anilines is 1. The molecule has 0 fully saturated rings. The van der Waals surface area contributed by atoms with Gasteiger partial charge in [0.25, 0.3) is 0 Å². The van der Waals surface area contributed by atoms with Gasteiger partial charge in [0.05, 0.1) is 6.20 Å². The van der Waals surface area contributed by atoms with Crippen molar-refractivity contribution >= 4 is 17.6 Å². The molecular weight excluding hydrogens is 284 g/mol. The third-order valence-corrected chi connectivity index (χ3v) is 2.86. The van der Waals surface area contributed by atoms with Crippen LogP contribution in [0, 0.1) is 0 Å². The highest BCUT2D eigenvalue weighted by Gasteiger charge is 2.28. The fraction of sp³-hybridized carbons (Fsp3) is 0.312. The molecule has 6 heteroatoms. The molecule has 22 heavy (non-hydrogen) atoms. The van der Waals surface area contributed by atoms with Crippen molar-refractivity contribution < 1.29 is 18.8 Å². The maximum absolute atomic E-state index is 12.2. The van der Waals surface area contributed by atoms with E-state index in [2.05, 4.69) is 10.5 Å². The number of carbonyl (C=O) groups is 2. The van der Waals surface area contributed by atoms with Gasteiger partial charge in [-0.05, 0) is 24.3 Å². The van der Waals surface area contributed by atoms with E-state index in [4.69, 9.17) is 9.26 Å². The van der Waals surface area contributed by atoms with Gasteiger partial charge in [-0.2, -0.15) is 0 Å². The van der Waals surface area contributed by atoms with Crippen LogP contribution in [-0.2, 0) is 10.2 Å². The van der Waals surface area contributed by atoms with Crippen LogP contribution in [0.5, 0.6) is 5.75 Å². The highest BCUT2D eigenvalue weighted by molar-refractivity contribution is 5.92. The monoisotopic (exact) mass is 302 g/mol. The lowest BCUT2D eigenvalue weighted by Gasteiger charge is -2.15. The summed E-state index contributed by atoms with van der Waals surface area (Å²) in [5.41, 5.74) is 0.589. The summed E-state index contributed by atoms with van der Waals surface area (Å²) in [6.07, 6.45) is 1.36. The fourth-order valence-corrected chi connectivity index (χ4v) is 1.90. The summed E-state index contributed by atoms with van der Waals surface area (Å²) in [5, 5.41) is 6.31. The van der Waals surface area contributed by atoms with E-state index in [9.17, 15) is 9.59 Å². The van der Waals surface area contributed by atoms with E-state index in [0.717, 1.165) is 0 Å². The van der Waals surface area contributed by atoms with Crippen molar-refractivity contribution in [1.29, 1.82) is 0 Å². The van der Waals surface area contributed by atoms with Gasteiger partial charge in [-0.3, -0.25) is 4.79 Å². The van der Waals surface area contributed by atoms with E-state index in [0.29, 0.717) is 22.8 Å². The quantitative estimate of drug-likeness (QED) is 0.695. The number of hydrogen-bond acceptors (Lipinski definition) is 5. The predicted molar refractivity (Wildman–Crippen MR) is 80.9 cm³/mol. The van der Waals surface area contributed by atoms with Crippen LogP contribution in [0.1, 0.15) is 43.8 Å². The standard InChI is InChI=1S/C16H18N2O4/c1-10(19)18-11-5-7-12(8-6-11)21-15(20)13-9-17-22-14(13)16(2,3)4/h5-9H,1-4H3,(H,18,19). The molecule has 1 N–H and O–H groups in total. The van der Waals surface area contributed by atoms with Crippen molar-refractivity contribution in [3.05, 3.63) is 41.8 Å². The largest absolute Gasteiger partial charge is 0.423 e. The summed E-state index contributed by atoms with van der Waals surface area (Å²) >= 11 is 0. The summed E-state index contributed by atoms with van der Waals surface area (Å²) in [7, 11) is 0. The molecule has 0 atom stereocenters. The van der Waals surface area contributed by atoms with E-state index in [1.807, 2.05) is 20.8 Å². The second-order valence-electron chi connectivity index (χ2n) is 5.91. The van der Waals surface area contributed by atoms with Crippen LogP contribution in [0.3, 0.4) is 0 Å². The molecule has 0 radical (unpaired) electrons. The van der Waals surface area contributed by atoms with Gasteiger partial charge in [-0.15, -0.1) is 0 Å². The molecule has 116 valence electrons. The Hall–Kier alpha value is -2.63. The Bertz CT molecular complexity index is 681. The number of nitrogens with zero attached hydrogens (tertiary/aromatic N) is 1. The van der Waals surface area contributed by atoms with Gasteiger partial charge in [0, 0.05) is 18.0 Å². The molecule has 0 spiro atoms. The molecule has 0 saturated carbocycles. The van der Waals surface area contributed by atoms with Crippen LogP contribution < -0.4 is 10.1 Å². The van der Waals surface area contributed by atoms with E-state index >= 15 is 0 Å². The Morgan fingerprint density at radius 3 is 2.36 bits per heavy atom. The van der Waals surface area contributed by atoms with Crippen LogP contribution in [0.15, 0.2) is 35.0 Å². The molecule has 0 saturated heterocycles. The molecule has 1 aromatic carbocycles. The number of amides is 1. The highest BCUT2D eigenvalue weighted by Crippen LogP contribution is 2.26. The molecule has 6 nitrogen and oxygen atoms in total. The first-order valence-electron chi connectivity index (χ1n) is 6.82. The van der Waals surface area contributed by atoms with Crippen LogP contribution in [0.25, 0.3) is 0 Å². The lowest BCUT2D eigenvalue weighted by Crippen LogP contribution is -2.17. The number of nitrogens with one attached hydrogen (secondary N) is 1. The van der Waals surface area contributed by atoms with E-state index in [1.54, 1.807) is 24.3 Å². The maximum atomic E-state index is 12.2. The van der Waals surface area contributed by atoms with E-state index < -0.39 is 5.97 Å². The zero-order valence-corrected chi connectivity index (χ0v) is 13.0. The van der Waals surface area contributed by atoms with Crippen molar-refractivity contribution in [3.8, 4) is 5.75 Å². The van der Waals surface area contributed by atoms with Crippen molar-refractivity contribution in [2.24, 2.45) is 0 Å². The molecule has 0 bridgehead atoms. The zero-order chi connectivity index (χ0) is 16.3. The molecule has 1 heterocycles. The number of ether oxygens (including phenoxy) is 1. The third-order valence-electron chi connectivity index (χ3n) is 2.86. The van der Waals surface area contributed by atoms with Gasteiger partial charge in [0.1, 0.15) is 11.3 Å². The fourth-order valence-electron chi connectivity index (χ4n) is 1.90. The molecule has 2 aromatic rings. The topological polar surface area (TPSA) is 81.4 Å². The Balaban J connectivity index is 2.13. The Morgan fingerprint density at radius 2 is 1.82 bits per heavy atom. The number of aromatic nitrogens is 1. The maximum Gasteiger partial charge on any atom is 0.348 e. The Kier molecular flexibility index (Phi) is 4.30. The third kappa shape index (κ3) is 3.72. The van der Waals surface area contributed by atoms with Gasteiger partial charge in [0.2, 0.25) is 5.91 Å². The normalized spacial score (nSPS) is 11.1. The van der Waals surface area contributed by atoms with Gasteiger partial charge in [-0.25, -0.2) is 4.79 Å². The van der Waals surface area contributed by atoms with E-state index in [-0.39, 0.29) is 11.3 Å². The van der Waals surface area contributed by atoms with Gasteiger partial charge < -0.3 is 14.6 Å². The number of carbonyl (C=O) groups excluding carboxylic acids is 2. The van der Waals surface area contributed by atoms with Gasteiger partial charge in [0.15, 0.2) is 5.76 Å². The molecule has 1 amide bonds. The van der Waals surface area contributed by atoms with Crippen LogP contribution >= 0.6 is 0 Å². The molecule has 1 aromatic heterocycles. The Labute approximate surface area is 128 Å². The molecule has 0 unspecified atom stereocenters. The molecule has 0 aliphatic heterocycles. The molecular formula is C16H18N2O4. The second kappa shape index (κ2) is 6.01. The zero-order valence-electron chi connectivity index (χ0n) is 13.0. The predicted octanol–water partition coefficient (Wildman–Crippen LogP) is 3.15. The summed E-state index contributed by atoms with van der Waals surface area (Å²) < 4.78 is 10.5. The van der Waals surface area contributed by atoms with Crippen molar-refractivity contribution in [3.63, 3.8) is 0 Å². The first kappa shape index (κ1) is 15.8. The molecule has 0 aliphatic carbocycles. The smallest absolute Gasteiger partial charge is 0.348 e. The van der Waals surface area contributed by atoms with Gasteiger partial charge >= 0.3 is 5.97 Å². The molecule has 2 rings (SSSR count). The first-order chi connectivity index (χ1) is 10.3. The summed E-state index contributed by atoms with van der Waals surface area (Å²) in [5.74, 6) is 0.162. The number of benzene rings is 1. The summed E-state index contributed by atoms with van der Waals surface area (Å²) in [6.45, 7) is 7.19. The lowest BCUT2D eigenvalue weighted by molar-refractivity contribution is -0.114. The lowest BCUT2D eigenvalue weighted by atomic mass is 9.90. The second-order valence-corrected chi connectivity index (χ2v) is 5.91. The SMILES string of the molecule is CC(=O)Nc1ccc(OC(=O)c2cnoc2C(C)(C)C)cc1. The van der Waals surface area contributed by atoms with Crippen molar-refractivity contribution in [2.45, 2.75) is 33.1 Å². The first-order valence-corrected chi connectivity index (χ1v) is 6.82. The van der Waals surface area contributed by atoms with Crippen molar-refractivity contribution in [1.82, 2.24) is 5.16 Å². The van der Waals surface area contributed by atoms with E-state index in [1.165, 1.54) is 13.1 Å². The summed E-state index contributed by atoms with van der Waals surface area (Å²) in [4.78, 5) is 23.2. The highest BCUT2D eigenvalue weighted by atomic mass is 16.5. The van der Waals surface area contributed by atoms with Crippen LogP contribution in [0.2, 0.25) is 0 Å². The minimum Gasteiger partial charge on any atom is -0.423 e. The van der Waals surface area contributed by atoms with Crippen LogP contribution in [0.4, 0.5) is 5.69 Å². The molecule has 0 aliphatic rings. The van der Waals surface area contributed by atoms with Gasteiger partial charge in [-0.1, -0.05) is 25.9 Å². The Morgan fingerprint density at radius 1 is 1.18 bits per heavy atom. The van der Waals surface area contributed by atoms with Crippen LogP contribution in [-0.4, -0.2) is 17.0 Å². The number of rotatable bonds is 3. The average Bonchev–Trinajstić information content (AvgIpc) is 2.89. The number of esters is 1. The minimum atomic E-state index is -0.529.